The normalized spacial score (nSPS) is 16.7. The van der Waals surface area contributed by atoms with Crippen LogP contribution in [0.15, 0.2) is 40.0 Å². The number of nitrogens with zero attached hydrogens (tertiary/aromatic N) is 4. The van der Waals surface area contributed by atoms with Crippen LogP contribution in [0.4, 0.5) is 5.13 Å². The molecular formula is C21H25N5O2S2. The second-order valence-electron chi connectivity index (χ2n) is 7.61. The van der Waals surface area contributed by atoms with Gasteiger partial charge >= 0.3 is 0 Å². The molecule has 1 saturated heterocycles. The Labute approximate surface area is 183 Å². The molecule has 1 aliphatic heterocycles. The molecule has 1 N–H and O–H groups in total. The zero-order valence-electron chi connectivity index (χ0n) is 17.1. The van der Waals surface area contributed by atoms with Crippen LogP contribution in [0.2, 0.25) is 0 Å². The maximum absolute atomic E-state index is 12.8. The van der Waals surface area contributed by atoms with E-state index in [1.165, 1.54) is 33.2 Å². The van der Waals surface area contributed by atoms with Crippen molar-refractivity contribution in [2.75, 3.05) is 30.8 Å². The minimum atomic E-state index is -0.421. The predicted molar refractivity (Wildman–Crippen MR) is 122 cm³/mol. The fraction of sp³-hybridized carbons (Fsp3) is 0.429. The minimum absolute atomic E-state index is 0.232. The molecule has 3 heterocycles. The van der Waals surface area contributed by atoms with E-state index in [1.807, 2.05) is 6.26 Å². The number of anilines is 1. The first kappa shape index (κ1) is 20.9. The number of amides is 1. The lowest BCUT2D eigenvalue weighted by Gasteiger charge is -2.30. The Hall–Kier alpha value is -2.39. The van der Waals surface area contributed by atoms with Crippen molar-refractivity contribution in [3.05, 3.63) is 51.9 Å². The first-order chi connectivity index (χ1) is 14.5. The molecular weight excluding hydrogens is 418 g/mol. The summed E-state index contributed by atoms with van der Waals surface area (Å²) in [5.74, 6) is 0.292. The van der Waals surface area contributed by atoms with Gasteiger partial charge in [0.15, 0.2) is 0 Å². The van der Waals surface area contributed by atoms with Gasteiger partial charge in [-0.3, -0.25) is 9.59 Å². The molecule has 0 unspecified atom stereocenters. The van der Waals surface area contributed by atoms with E-state index in [-0.39, 0.29) is 11.6 Å². The smallest absolute Gasteiger partial charge is 0.274 e. The van der Waals surface area contributed by atoms with Crippen molar-refractivity contribution in [1.29, 1.82) is 0 Å². The molecule has 4 rings (SSSR count). The zero-order chi connectivity index (χ0) is 21.1. The lowest BCUT2D eigenvalue weighted by Crippen LogP contribution is -2.34. The lowest BCUT2D eigenvalue weighted by atomic mass is 10.0. The van der Waals surface area contributed by atoms with Crippen LogP contribution in [0.1, 0.15) is 35.8 Å². The number of carbonyl (C=O) groups excluding carboxylic acids is 1. The third-order valence-electron chi connectivity index (χ3n) is 5.26. The Bertz CT molecular complexity index is 1090. The number of aromatic nitrogens is 3. The average molecular weight is 444 g/mol. The Kier molecular flexibility index (Phi) is 6.38. The molecule has 0 radical (unpaired) electrons. The number of hydrogen-bond donors (Lipinski definition) is 1. The highest BCUT2D eigenvalue weighted by Gasteiger charge is 2.22. The molecule has 0 bridgehead atoms. The van der Waals surface area contributed by atoms with Crippen molar-refractivity contribution in [3.8, 4) is 0 Å². The lowest BCUT2D eigenvalue weighted by molar-refractivity contribution is 0.0946. The van der Waals surface area contributed by atoms with Gasteiger partial charge in [0.2, 0.25) is 10.1 Å². The van der Waals surface area contributed by atoms with E-state index >= 15 is 0 Å². The van der Waals surface area contributed by atoms with Gasteiger partial charge in [-0.1, -0.05) is 30.4 Å². The van der Waals surface area contributed by atoms with Crippen LogP contribution >= 0.6 is 23.1 Å². The van der Waals surface area contributed by atoms with E-state index in [0.717, 1.165) is 36.6 Å². The van der Waals surface area contributed by atoms with Gasteiger partial charge in [-0.25, -0.2) is 0 Å². The maximum Gasteiger partial charge on any atom is 0.274 e. The first-order valence-corrected chi connectivity index (χ1v) is 12.1. The molecule has 0 spiro atoms. The molecule has 0 saturated carbocycles. The number of fused-ring (bicyclic) bond motifs is 1. The SMILES string of the molecule is CSc1ccc(CCNC(=O)c2cc(=O)nc3sc(N4CCC[C@H](C)C4)nn23)cc1. The maximum atomic E-state index is 12.8. The third-order valence-corrected chi connectivity index (χ3v) is 6.97. The molecule has 1 aromatic carbocycles. The summed E-state index contributed by atoms with van der Waals surface area (Å²) in [6.45, 7) is 4.58. The fourth-order valence-corrected chi connectivity index (χ4v) is 5.01. The number of nitrogens with one attached hydrogen (secondary N) is 1. The Morgan fingerprint density at radius 3 is 2.87 bits per heavy atom. The highest BCUT2D eigenvalue weighted by Crippen LogP contribution is 2.27. The molecule has 7 nitrogen and oxygen atoms in total. The summed E-state index contributed by atoms with van der Waals surface area (Å²) in [5, 5.41) is 8.33. The minimum Gasteiger partial charge on any atom is -0.350 e. The summed E-state index contributed by atoms with van der Waals surface area (Å²) in [4.78, 5) is 32.8. The third kappa shape index (κ3) is 4.67. The Morgan fingerprint density at radius 1 is 1.33 bits per heavy atom. The fourth-order valence-electron chi connectivity index (χ4n) is 3.66. The Balaban J connectivity index is 1.49. The van der Waals surface area contributed by atoms with Crippen LogP contribution in [-0.2, 0) is 6.42 Å². The van der Waals surface area contributed by atoms with Crippen LogP contribution < -0.4 is 15.8 Å². The molecule has 2 aromatic heterocycles. The van der Waals surface area contributed by atoms with Crippen LogP contribution in [0.3, 0.4) is 0 Å². The van der Waals surface area contributed by atoms with Crippen LogP contribution in [0.5, 0.6) is 0 Å². The average Bonchev–Trinajstić information content (AvgIpc) is 3.17. The van der Waals surface area contributed by atoms with E-state index in [2.05, 4.69) is 51.5 Å². The van der Waals surface area contributed by atoms with Crippen LogP contribution in [0, 0.1) is 5.92 Å². The molecule has 9 heteroatoms. The topological polar surface area (TPSA) is 79.6 Å². The van der Waals surface area contributed by atoms with Gasteiger partial charge in [-0.15, -0.1) is 16.9 Å². The van der Waals surface area contributed by atoms with E-state index in [1.54, 1.807) is 11.8 Å². The zero-order valence-corrected chi connectivity index (χ0v) is 18.8. The van der Waals surface area contributed by atoms with Crippen molar-refractivity contribution in [3.63, 3.8) is 0 Å². The second-order valence-corrected chi connectivity index (χ2v) is 9.42. The van der Waals surface area contributed by atoms with Gasteiger partial charge in [0.25, 0.3) is 11.5 Å². The molecule has 0 aliphatic carbocycles. The molecule has 30 heavy (non-hydrogen) atoms. The largest absolute Gasteiger partial charge is 0.350 e. The van der Waals surface area contributed by atoms with E-state index in [9.17, 15) is 9.59 Å². The highest BCUT2D eigenvalue weighted by molar-refractivity contribution is 7.98. The monoisotopic (exact) mass is 443 g/mol. The summed E-state index contributed by atoms with van der Waals surface area (Å²) in [6.07, 6.45) is 5.10. The molecule has 1 aliphatic rings. The van der Waals surface area contributed by atoms with E-state index in [4.69, 9.17) is 0 Å². The van der Waals surface area contributed by atoms with Crippen molar-refractivity contribution < 1.29 is 4.79 Å². The van der Waals surface area contributed by atoms with Crippen LogP contribution in [0.25, 0.3) is 4.96 Å². The molecule has 3 aromatic rings. The summed E-state index contributed by atoms with van der Waals surface area (Å²) in [6, 6.07) is 9.55. The van der Waals surface area contributed by atoms with Crippen molar-refractivity contribution in [2.24, 2.45) is 5.92 Å². The number of benzene rings is 1. The first-order valence-electron chi connectivity index (χ1n) is 10.1. The summed E-state index contributed by atoms with van der Waals surface area (Å²) in [7, 11) is 0. The number of rotatable bonds is 6. The van der Waals surface area contributed by atoms with Gasteiger partial charge < -0.3 is 10.2 Å². The number of thioether (sulfide) groups is 1. The van der Waals surface area contributed by atoms with Gasteiger partial charge in [0.05, 0.1) is 0 Å². The van der Waals surface area contributed by atoms with E-state index < -0.39 is 5.56 Å². The van der Waals surface area contributed by atoms with Crippen molar-refractivity contribution in [2.45, 2.75) is 31.1 Å². The number of piperidine rings is 1. The van der Waals surface area contributed by atoms with Gasteiger partial charge in [0.1, 0.15) is 5.69 Å². The van der Waals surface area contributed by atoms with Gasteiger partial charge in [0, 0.05) is 30.6 Å². The van der Waals surface area contributed by atoms with Crippen molar-refractivity contribution in [1.82, 2.24) is 19.9 Å². The molecule has 1 atom stereocenters. The highest BCUT2D eigenvalue weighted by atomic mass is 32.2. The molecule has 1 amide bonds. The summed E-state index contributed by atoms with van der Waals surface area (Å²) in [5.41, 5.74) is 0.964. The molecule has 1 fully saturated rings. The van der Waals surface area contributed by atoms with E-state index in [0.29, 0.717) is 17.4 Å². The second kappa shape index (κ2) is 9.18. The number of hydrogen-bond acceptors (Lipinski definition) is 7. The van der Waals surface area contributed by atoms with Gasteiger partial charge in [-0.2, -0.15) is 9.50 Å². The molecule has 158 valence electrons. The predicted octanol–water partition coefficient (Wildman–Crippen LogP) is 3.08. The van der Waals surface area contributed by atoms with Crippen molar-refractivity contribution >= 4 is 39.1 Å². The number of carbonyl (C=O) groups is 1. The summed E-state index contributed by atoms with van der Waals surface area (Å²) >= 11 is 3.06. The summed E-state index contributed by atoms with van der Waals surface area (Å²) < 4.78 is 1.50. The van der Waals surface area contributed by atoms with Gasteiger partial charge in [-0.05, 0) is 49.1 Å². The Morgan fingerprint density at radius 2 is 2.13 bits per heavy atom. The quantitative estimate of drug-likeness (QED) is 0.590. The standard InChI is InChI=1S/C21H25N5O2S2/c1-14-4-3-11-25(13-14)21-24-26-17(12-18(27)23-20(26)30-21)19(28)22-10-9-15-5-7-16(29-2)8-6-15/h5-8,12,14H,3-4,9-11,13H2,1-2H3,(H,22,28)/t14-/m0/s1. The van der Waals surface area contributed by atoms with Crippen LogP contribution in [-0.4, -0.2) is 46.4 Å².